The van der Waals surface area contributed by atoms with Crippen LogP contribution in [-0.4, -0.2) is 7.05 Å². The maximum Gasteiger partial charge on any atom is 0.131 e. The molecule has 0 amide bonds. The Morgan fingerprint density at radius 1 is 0.950 bits per heavy atom. The standard InChI is InChI=1S/C15H13ClF3N/c1-8-5-11(14(19)7-12(8)17)15(20-2)10-4-3-9(16)6-13(10)18/h3-7,15,20H,1-2H3. The minimum absolute atomic E-state index is 0.188. The molecule has 0 spiro atoms. The van der Waals surface area contributed by atoms with Crippen molar-refractivity contribution in [2.24, 2.45) is 0 Å². The summed E-state index contributed by atoms with van der Waals surface area (Å²) in [5, 5.41) is 3.10. The van der Waals surface area contributed by atoms with E-state index in [-0.39, 0.29) is 16.1 Å². The summed E-state index contributed by atoms with van der Waals surface area (Å²) in [7, 11) is 1.58. The lowest BCUT2D eigenvalue weighted by atomic mass is 9.96. The zero-order valence-corrected chi connectivity index (χ0v) is 11.7. The summed E-state index contributed by atoms with van der Waals surface area (Å²) in [4.78, 5) is 0. The average molecular weight is 300 g/mol. The van der Waals surface area contributed by atoms with Gasteiger partial charge in [-0.05, 0) is 37.7 Å². The van der Waals surface area contributed by atoms with Crippen LogP contribution in [0.3, 0.4) is 0 Å². The van der Waals surface area contributed by atoms with Crippen LogP contribution in [0.2, 0.25) is 5.02 Å². The molecule has 0 radical (unpaired) electrons. The zero-order valence-electron chi connectivity index (χ0n) is 11.0. The van der Waals surface area contributed by atoms with E-state index in [0.717, 1.165) is 12.1 Å². The van der Waals surface area contributed by atoms with Crippen molar-refractivity contribution in [1.29, 1.82) is 0 Å². The van der Waals surface area contributed by atoms with E-state index >= 15 is 0 Å². The van der Waals surface area contributed by atoms with Crippen molar-refractivity contribution >= 4 is 11.6 Å². The van der Waals surface area contributed by atoms with Crippen LogP contribution in [0.1, 0.15) is 22.7 Å². The molecule has 0 aliphatic rings. The highest BCUT2D eigenvalue weighted by Crippen LogP contribution is 2.29. The van der Waals surface area contributed by atoms with Crippen LogP contribution < -0.4 is 5.32 Å². The molecule has 5 heteroatoms. The van der Waals surface area contributed by atoms with Gasteiger partial charge >= 0.3 is 0 Å². The molecule has 1 N–H and O–H groups in total. The second kappa shape index (κ2) is 5.85. The molecule has 0 bridgehead atoms. The highest BCUT2D eigenvalue weighted by atomic mass is 35.5. The topological polar surface area (TPSA) is 12.0 Å². The molecule has 2 aromatic rings. The van der Waals surface area contributed by atoms with Gasteiger partial charge in [-0.3, -0.25) is 0 Å². The van der Waals surface area contributed by atoms with Gasteiger partial charge in [0.2, 0.25) is 0 Å². The molecule has 106 valence electrons. The summed E-state index contributed by atoms with van der Waals surface area (Å²) >= 11 is 5.70. The molecule has 1 atom stereocenters. The van der Waals surface area contributed by atoms with Crippen LogP contribution in [0.15, 0.2) is 30.3 Å². The number of benzene rings is 2. The Balaban J connectivity index is 2.55. The van der Waals surface area contributed by atoms with Gasteiger partial charge in [0.05, 0.1) is 6.04 Å². The third-order valence-electron chi connectivity index (χ3n) is 3.15. The number of hydrogen-bond acceptors (Lipinski definition) is 1. The molecule has 1 unspecified atom stereocenters. The minimum atomic E-state index is -0.721. The van der Waals surface area contributed by atoms with Crippen molar-refractivity contribution in [3.05, 3.63) is 69.5 Å². The van der Waals surface area contributed by atoms with Crippen LogP contribution in [0.5, 0.6) is 0 Å². The Kier molecular flexibility index (Phi) is 4.35. The van der Waals surface area contributed by atoms with Crippen molar-refractivity contribution in [3.8, 4) is 0 Å². The quantitative estimate of drug-likeness (QED) is 0.887. The van der Waals surface area contributed by atoms with Crippen LogP contribution >= 0.6 is 11.6 Å². The second-order valence-corrected chi connectivity index (χ2v) is 4.95. The number of halogens is 4. The van der Waals surface area contributed by atoms with Crippen molar-refractivity contribution in [1.82, 2.24) is 5.32 Å². The molecule has 0 saturated carbocycles. The van der Waals surface area contributed by atoms with Gasteiger partial charge in [-0.2, -0.15) is 0 Å². The molecule has 0 aliphatic heterocycles. The van der Waals surface area contributed by atoms with Crippen molar-refractivity contribution in [3.63, 3.8) is 0 Å². The zero-order chi connectivity index (χ0) is 14.9. The molecular weight excluding hydrogens is 287 g/mol. The van der Waals surface area contributed by atoms with Crippen molar-refractivity contribution < 1.29 is 13.2 Å². The second-order valence-electron chi connectivity index (χ2n) is 4.51. The van der Waals surface area contributed by atoms with Crippen LogP contribution in [0.25, 0.3) is 0 Å². The molecular formula is C15H13ClF3N. The Hall–Kier alpha value is -1.52. The predicted octanol–water partition coefficient (Wildman–Crippen LogP) is 4.37. The van der Waals surface area contributed by atoms with Gasteiger partial charge in [0.25, 0.3) is 0 Å². The largest absolute Gasteiger partial charge is 0.309 e. The van der Waals surface area contributed by atoms with Crippen molar-refractivity contribution in [2.75, 3.05) is 7.05 Å². The lowest BCUT2D eigenvalue weighted by Gasteiger charge is -2.19. The summed E-state index contributed by atoms with van der Waals surface area (Å²) in [6, 6.07) is 5.64. The van der Waals surface area contributed by atoms with Gasteiger partial charge in [0, 0.05) is 22.2 Å². The highest BCUT2D eigenvalue weighted by Gasteiger charge is 2.21. The van der Waals surface area contributed by atoms with Gasteiger partial charge in [-0.15, -0.1) is 0 Å². The van der Waals surface area contributed by atoms with E-state index in [1.165, 1.54) is 25.1 Å². The van der Waals surface area contributed by atoms with E-state index in [9.17, 15) is 13.2 Å². The minimum Gasteiger partial charge on any atom is -0.309 e. The van der Waals surface area contributed by atoms with E-state index < -0.39 is 23.5 Å². The SMILES string of the molecule is CNC(c1ccc(Cl)cc1F)c1cc(C)c(F)cc1F. The summed E-state index contributed by atoms with van der Waals surface area (Å²) in [6.07, 6.45) is 0. The van der Waals surface area contributed by atoms with Gasteiger partial charge in [-0.25, -0.2) is 13.2 Å². The molecule has 1 nitrogen and oxygen atoms in total. The lowest BCUT2D eigenvalue weighted by molar-refractivity contribution is 0.532. The molecule has 0 fully saturated rings. The molecule has 0 aromatic heterocycles. The number of rotatable bonds is 3. The fourth-order valence-electron chi connectivity index (χ4n) is 2.11. The number of hydrogen-bond donors (Lipinski definition) is 1. The number of nitrogens with one attached hydrogen (secondary N) is 1. The maximum atomic E-state index is 14.0. The third-order valence-corrected chi connectivity index (χ3v) is 3.39. The normalized spacial score (nSPS) is 12.5. The maximum absolute atomic E-state index is 14.0. The fourth-order valence-corrected chi connectivity index (χ4v) is 2.27. The first-order chi connectivity index (χ1) is 9.43. The van der Waals surface area contributed by atoms with Crippen LogP contribution in [-0.2, 0) is 0 Å². The molecule has 20 heavy (non-hydrogen) atoms. The molecule has 0 aliphatic carbocycles. The van der Waals surface area contributed by atoms with Crippen LogP contribution in [0, 0.1) is 24.4 Å². The van der Waals surface area contributed by atoms with E-state index in [1.807, 2.05) is 0 Å². The monoisotopic (exact) mass is 299 g/mol. The lowest BCUT2D eigenvalue weighted by Crippen LogP contribution is -2.20. The van der Waals surface area contributed by atoms with E-state index in [0.29, 0.717) is 5.56 Å². The Morgan fingerprint density at radius 2 is 1.60 bits per heavy atom. The third kappa shape index (κ3) is 2.81. The van der Waals surface area contributed by atoms with E-state index in [1.54, 1.807) is 7.05 Å². The first kappa shape index (κ1) is 14.9. The van der Waals surface area contributed by atoms with Crippen molar-refractivity contribution in [2.45, 2.75) is 13.0 Å². The van der Waals surface area contributed by atoms with E-state index in [2.05, 4.69) is 5.32 Å². The Labute approximate surface area is 120 Å². The van der Waals surface area contributed by atoms with Gasteiger partial charge in [0.15, 0.2) is 0 Å². The average Bonchev–Trinajstić information content (AvgIpc) is 2.38. The van der Waals surface area contributed by atoms with Gasteiger partial charge < -0.3 is 5.32 Å². The number of aryl methyl sites for hydroxylation is 1. The van der Waals surface area contributed by atoms with Gasteiger partial charge in [-0.1, -0.05) is 17.7 Å². The van der Waals surface area contributed by atoms with Crippen LogP contribution in [0.4, 0.5) is 13.2 Å². The molecule has 2 aromatic carbocycles. The summed E-state index contributed by atoms with van der Waals surface area (Å²) in [5.74, 6) is -1.89. The van der Waals surface area contributed by atoms with E-state index in [4.69, 9.17) is 11.6 Å². The Morgan fingerprint density at radius 3 is 2.20 bits per heavy atom. The van der Waals surface area contributed by atoms with Gasteiger partial charge in [0.1, 0.15) is 17.5 Å². The highest BCUT2D eigenvalue weighted by molar-refractivity contribution is 6.30. The fraction of sp³-hybridized carbons (Fsp3) is 0.200. The first-order valence-corrected chi connectivity index (χ1v) is 6.39. The molecule has 0 saturated heterocycles. The smallest absolute Gasteiger partial charge is 0.131 e. The summed E-state index contributed by atoms with van der Waals surface area (Å²) in [6.45, 7) is 1.53. The molecule has 2 rings (SSSR count). The molecule has 0 heterocycles. The first-order valence-electron chi connectivity index (χ1n) is 6.01. The Bertz CT molecular complexity index is 643. The summed E-state index contributed by atoms with van der Waals surface area (Å²) < 4.78 is 41.2. The summed E-state index contributed by atoms with van der Waals surface area (Å²) in [5.41, 5.74) is 0.741. The predicted molar refractivity (Wildman–Crippen MR) is 73.4 cm³/mol.